The van der Waals surface area contributed by atoms with Crippen LogP contribution in [0.1, 0.15) is 29.4 Å². The molecule has 1 aliphatic rings. The van der Waals surface area contributed by atoms with Crippen molar-refractivity contribution < 1.29 is 4.79 Å². The molecule has 1 saturated heterocycles. The fraction of sp³-hybridized carbons (Fsp3) is 0.312. The highest BCUT2D eigenvalue weighted by atomic mass is 32.1. The number of nitrogens with one attached hydrogen (secondary N) is 1. The zero-order valence-corrected chi connectivity index (χ0v) is 13.4. The molecule has 0 aliphatic carbocycles. The molecule has 1 N–H and O–H groups in total. The van der Waals surface area contributed by atoms with E-state index in [2.05, 4.69) is 19.7 Å². The smallest absolute Gasteiger partial charge is 0.274 e. The summed E-state index contributed by atoms with van der Waals surface area (Å²) in [5.74, 6) is -0.00567. The minimum Gasteiger partial charge on any atom is -0.335 e. The van der Waals surface area contributed by atoms with Crippen molar-refractivity contribution in [3.63, 3.8) is 0 Å². The van der Waals surface area contributed by atoms with Crippen LogP contribution in [0.5, 0.6) is 0 Å². The van der Waals surface area contributed by atoms with Gasteiger partial charge in [-0.05, 0) is 30.4 Å². The number of H-pyrrole nitrogens is 1. The molecule has 118 valence electrons. The Hall–Kier alpha value is -2.41. The summed E-state index contributed by atoms with van der Waals surface area (Å²) in [6.45, 7) is 1.49. The second-order valence-corrected chi connectivity index (χ2v) is 6.65. The Morgan fingerprint density at radius 1 is 1.43 bits per heavy atom. The molecule has 3 aromatic heterocycles. The van der Waals surface area contributed by atoms with E-state index in [9.17, 15) is 4.79 Å². The minimum absolute atomic E-state index is 0.00567. The number of hydrogen-bond donors (Lipinski definition) is 1. The maximum Gasteiger partial charge on any atom is 0.274 e. The maximum atomic E-state index is 12.7. The summed E-state index contributed by atoms with van der Waals surface area (Å²) in [5.41, 5.74) is 1.38. The van der Waals surface area contributed by atoms with Gasteiger partial charge in [-0.3, -0.25) is 9.89 Å². The van der Waals surface area contributed by atoms with Crippen LogP contribution in [0.15, 0.2) is 42.3 Å². The van der Waals surface area contributed by atoms with Gasteiger partial charge in [0.25, 0.3) is 5.91 Å². The number of hydrogen-bond acceptors (Lipinski definition) is 4. The highest BCUT2D eigenvalue weighted by molar-refractivity contribution is 7.13. The predicted octanol–water partition coefficient (Wildman–Crippen LogP) is 2.81. The van der Waals surface area contributed by atoms with Gasteiger partial charge in [-0.2, -0.15) is 5.10 Å². The normalized spacial score (nSPS) is 18.3. The largest absolute Gasteiger partial charge is 0.335 e. The first-order valence-electron chi connectivity index (χ1n) is 7.67. The Kier molecular flexibility index (Phi) is 3.70. The average molecular weight is 327 g/mol. The molecule has 0 saturated carbocycles. The van der Waals surface area contributed by atoms with Gasteiger partial charge in [-0.15, -0.1) is 11.3 Å². The number of carbonyl (C=O) groups is 1. The van der Waals surface area contributed by atoms with Gasteiger partial charge in [0.15, 0.2) is 5.69 Å². The summed E-state index contributed by atoms with van der Waals surface area (Å²) in [7, 11) is 0. The van der Waals surface area contributed by atoms with Gasteiger partial charge < -0.3 is 9.47 Å². The molecular formula is C16H17N5OS. The highest BCUT2D eigenvalue weighted by Crippen LogP contribution is 2.25. The molecule has 0 spiro atoms. The van der Waals surface area contributed by atoms with Gasteiger partial charge in [0, 0.05) is 25.5 Å². The van der Waals surface area contributed by atoms with Crippen molar-refractivity contribution in [1.82, 2.24) is 24.6 Å². The highest BCUT2D eigenvalue weighted by Gasteiger charge is 2.26. The number of rotatable bonds is 3. The number of aromatic amines is 1. The molecule has 1 aliphatic heterocycles. The lowest BCUT2D eigenvalue weighted by atomic mass is 10.1. The lowest BCUT2D eigenvalue weighted by Gasteiger charge is -2.32. The first-order chi connectivity index (χ1) is 11.3. The number of likely N-dealkylation sites (tertiary alicyclic amines) is 1. The Balaban J connectivity index is 1.50. The van der Waals surface area contributed by atoms with Crippen LogP contribution in [-0.2, 0) is 0 Å². The number of thiophene rings is 1. The first-order valence-corrected chi connectivity index (χ1v) is 8.55. The molecule has 1 unspecified atom stereocenters. The summed E-state index contributed by atoms with van der Waals surface area (Å²) in [6.07, 6.45) is 7.63. The van der Waals surface area contributed by atoms with Crippen LogP contribution in [0, 0.1) is 0 Å². The lowest BCUT2D eigenvalue weighted by Crippen LogP contribution is -2.40. The SMILES string of the molecule is O=C(c1cc(-c2cccs2)[nH]n1)N1CCCC(n2ccnc2)C1. The molecule has 1 fully saturated rings. The van der Waals surface area contributed by atoms with Crippen molar-refractivity contribution in [3.8, 4) is 10.6 Å². The fourth-order valence-corrected chi connectivity index (χ4v) is 3.71. The zero-order chi connectivity index (χ0) is 15.6. The second kappa shape index (κ2) is 6.00. The molecule has 1 atom stereocenters. The Labute approximate surface area is 137 Å². The molecule has 4 rings (SSSR count). The number of carbonyl (C=O) groups excluding carboxylic acids is 1. The number of nitrogens with zero attached hydrogens (tertiary/aromatic N) is 4. The Bertz CT molecular complexity index is 777. The number of imidazole rings is 1. The molecule has 0 aromatic carbocycles. The van der Waals surface area contributed by atoms with Crippen LogP contribution < -0.4 is 0 Å². The van der Waals surface area contributed by atoms with Crippen LogP contribution in [0.3, 0.4) is 0 Å². The van der Waals surface area contributed by atoms with Crippen molar-refractivity contribution >= 4 is 17.2 Å². The van der Waals surface area contributed by atoms with E-state index >= 15 is 0 Å². The van der Waals surface area contributed by atoms with Gasteiger partial charge in [-0.1, -0.05) is 6.07 Å². The van der Waals surface area contributed by atoms with Crippen LogP contribution in [0.4, 0.5) is 0 Å². The van der Waals surface area contributed by atoms with Crippen molar-refractivity contribution in [1.29, 1.82) is 0 Å². The van der Waals surface area contributed by atoms with E-state index in [0.717, 1.165) is 30.0 Å². The van der Waals surface area contributed by atoms with Crippen LogP contribution in [0.25, 0.3) is 10.6 Å². The van der Waals surface area contributed by atoms with Gasteiger partial charge in [0.05, 0.1) is 22.9 Å². The second-order valence-electron chi connectivity index (χ2n) is 5.70. The van der Waals surface area contributed by atoms with Gasteiger partial charge in [0.2, 0.25) is 0 Å². The monoisotopic (exact) mass is 327 g/mol. The predicted molar refractivity (Wildman–Crippen MR) is 88.3 cm³/mol. The van der Waals surface area contributed by atoms with E-state index in [4.69, 9.17) is 0 Å². The summed E-state index contributed by atoms with van der Waals surface area (Å²) in [5, 5.41) is 9.18. The number of piperidine rings is 1. The van der Waals surface area contributed by atoms with Gasteiger partial charge in [0.1, 0.15) is 0 Å². The standard InChI is InChI=1S/C16H17N5OS/c22-16(14-9-13(18-19-14)15-4-2-8-23-15)20-6-1-3-12(10-20)21-7-5-17-11-21/h2,4-5,7-9,11-12H,1,3,6,10H2,(H,18,19). The first kappa shape index (κ1) is 14.2. The molecule has 0 bridgehead atoms. The summed E-state index contributed by atoms with van der Waals surface area (Å²) >= 11 is 1.63. The number of aromatic nitrogens is 4. The molecule has 6 nitrogen and oxygen atoms in total. The fourth-order valence-electron chi connectivity index (χ4n) is 3.02. The molecule has 1 amide bonds. The van der Waals surface area contributed by atoms with Crippen LogP contribution in [0.2, 0.25) is 0 Å². The van der Waals surface area contributed by atoms with Crippen molar-refractivity contribution in [2.75, 3.05) is 13.1 Å². The van der Waals surface area contributed by atoms with E-state index in [0.29, 0.717) is 18.3 Å². The van der Waals surface area contributed by atoms with Crippen LogP contribution in [-0.4, -0.2) is 43.6 Å². The average Bonchev–Trinajstić information content (AvgIpc) is 3.36. The zero-order valence-electron chi connectivity index (χ0n) is 12.6. The van der Waals surface area contributed by atoms with E-state index < -0.39 is 0 Å². The summed E-state index contributed by atoms with van der Waals surface area (Å²) in [6, 6.07) is 6.14. The third-order valence-corrected chi connectivity index (χ3v) is 5.12. The van der Waals surface area contributed by atoms with E-state index in [-0.39, 0.29) is 5.91 Å². The lowest BCUT2D eigenvalue weighted by molar-refractivity contribution is 0.0673. The van der Waals surface area contributed by atoms with Crippen molar-refractivity contribution in [2.45, 2.75) is 18.9 Å². The maximum absolute atomic E-state index is 12.7. The molecule has 0 radical (unpaired) electrons. The molecule has 7 heteroatoms. The van der Waals surface area contributed by atoms with Crippen molar-refractivity contribution in [2.24, 2.45) is 0 Å². The minimum atomic E-state index is -0.00567. The van der Waals surface area contributed by atoms with E-state index in [1.165, 1.54) is 0 Å². The summed E-state index contributed by atoms with van der Waals surface area (Å²) in [4.78, 5) is 19.8. The van der Waals surface area contributed by atoms with E-state index in [1.54, 1.807) is 17.5 Å². The van der Waals surface area contributed by atoms with Gasteiger partial charge in [-0.25, -0.2) is 4.98 Å². The van der Waals surface area contributed by atoms with E-state index in [1.807, 2.05) is 41.0 Å². The quantitative estimate of drug-likeness (QED) is 0.804. The van der Waals surface area contributed by atoms with Gasteiger partial charge >= 0.3 is 0 Å². The molecule has 3 aromatic rings. The Morgan fingerprint density at radius 2 is 2.39 bits per heavy atom. The Morgan fingerprint density at radius 3 is 3.17 bits per heavy atom. The third-order valence-electron chi connectivity index (χ3n) is 4.21. The molecular weight excluding hydrogens is 310 g/mol. The van der Waals surface area contributed by atoms with Crippen LogP contribution >= 0.6 is 11.3 Å². The summed E-state index contributed by atoms with van der Waals surface area (Å²) < 4.78 is 2.08. The van der Waals surface area contributed by atoms with Crippen molar-refractivity contribution in [3.05, 3.63) is 48.0 Å². The topological polar surface area (TPSA) is 66.8 Å². The third kappa shape index (κ3) is 2.79. The molecule has 23 heavy (non-hydrogen) atoms. The number of amides is 1. The molecule has 4 heterocycles.